The van der Waals surface area contributed by atoms with Crippen LogP contribution in [0, 0.1) is 17.2 Å². The highest BCUT2D eigenvalue weighted by molar-refractivity contribution is 7.99. The Morgan fingerprint density at radius 1 is 1.33 bits per heavy atom. The van der Waals surface area contributed by atoms with E-state index in [2.05, 4.69) is 21.6 Å². The smallest absolute Gasteiger partial charge is 0.316 e. The molecule has 160 valence electrons. The average Bonchev–Trinajstić information content (AvgIpc) is 3.13. The van der Waals surface area contributed by atoms with Crippen molar-refractivity contribution in [2.75, 3.05) is 12.4 Å². The van der Waals surface area contributed by atoms with Gasteiger partial charge in [-0.1, -0.05) is 37.2 Å². The Morgan fingerprint density at radius 3 is 2.57 bits per heavy atom. The van der Waals surface area contributed by atoms with Crippen molar-refractivity contribution in [1.82, 2.24) is 20.1 Å². The van der Waals surface area contributed by atoms with Crippen molar-refractivity contribution < 1.29 is 14.3 Å². The number of amides is 1. The third-order valence-corrected chi connectivity index (χ3v) is 5.80. The minimum atomic E-state index is -1.02. The molecule has 10 heteroatoms. The Morgan fingerprint density at radius 2 is 2.00 bits per heavy atom. The molecule has 1 aromatic carbocycles. The number of thioether (sulfide) groups is 1. The van der Waals surface area contributed by atoms with Gasteiger partial charge < -0.3 is 14.6 Å². The van der Waals surface area contributed by atoms with Gasteiger partial charge in [-0.05, 0) is 44.0 Å². The normalized spacial score (nSPS) is 12.8. The predicted molar refractivity (Wildman–Crippen MR) is 115 cm³/mol. The third kappa shape index (κ3) is 5.97. The van der Waals surface area contributed by atoms with Gasteiger partial charge in [-0.15, -0.1) is 10.2 Å². The Balaban J connectivity index is 1.91. The summed E-state index contributed by atoms with van der Waals surface area (Å²) in [5.74, 6) is -0.516. The van der Waals surface area contributed by atoms with Gasteiger partial charge in [0, 0.05) is 17.1 Å². The fourth-order valence-corrected chi connectivity index (χ4v) is 3.36. The maximum absolute atomic E-state index is 12.0. The topological polar surface area (TPSA) is 110 Å². The monoisotopic (exact) mass is 449 g/mol. The molecule has 0 radical (unpaired) electrons. The highest BCUT2D eigenvalue weighted by Gasteiger charge is 2.30. The van der Waals surface area contributed by atoms with Crippen molar-refractivity contribution in [2.45, 2.75) is 44.9 Å². The van der Waals surface area contributed by atoms with Gasteiger partial charge in [0.15, 0.2) is 17.6 Å². The summed E-state index contributed by atoms with van der Waals surface area (Å²) in [5, 5.41) is 21.4. The predicted octanol–water partition coefficient (Wildman–Crippen LogP) is 3.31. The SMILES string of the molecule is CCn1c(SCC(=O)OCC(=O)N[C@](C)(C#N)C(C)C)nnc1-c1ccc(Cl)cc1. The van der Waals surface area contributed by atoms with Crippen molar-refractivity contribution in [3.8, 4) is 17.5 Å². The number of nitrogens with one attached hydrogen (secondary N) is 1. The number of benzene rings is 1. The number of hydrogen-bond acceptors (Lipinski definition) is 7. The number of carbonyl (C=O) groups excluding carboxylic acids is 2. The molecule has 1 N–H and O–H groups in total. The summed E-state index contributed by atoms with van der Waals surface area (Å²) < 4.78 is 6.90. The highest BCUT2D eigenvalue weighted by Crippen LogP contribution is 2.25. The maximum atomic E-state index is 12.0. The Hall–Kier alpha value is -2.57. The molecule has 0 saturated heterocycles. The maximum Gasteiger partial charge on any atom is 0.316 e. The van der Waals surface area contributed by atoms with E-state index in [1.54, 1.807) is 19.1 Å². The summed E-state index contributed by atoms with van der Waals surface area (Å²) in [4.78, 5) is 24.0. The number of aromatic nitrogens is 3. The molecule has 1 amide bonds. The largest absolute Gasteiger partial charge is 0.455 e. The molecule has 8 nitrogen and oxygen atoms in total. The van der Waals surface area contributed by atoms with Gasteiger partial charge >= 0.3 is 5.97 Å². The first-order valence-corrected chi connectivity index (χ1v) is 10.8. The third-order valence-electron chi connectivity index (χ3n) is 4.60. The number of halogens is 1. The Labute approximate surface area is 185 Å². The molecule has 0 bridgehead atoms. The number of nitriles is 1. The van der Waals surface area contributed by atoms with E-state index in [0.29, 0.717) is 22.5 Å². The van der Waals surface area contributed by atoms with Crippen LogP contribution in [0.25, 0.3) is 11.4 Å². The first-order chi connectivity index (χ1) is 14.2. The molecule has 0 spiro atoms. The van der Waals surface area contributed by atoms with Crippen LogP contribution >= 0.6 is 23.4 Å². The second kappa shape index (κ2) is 10.5. The second-order valence-electron chi connectivity index (χ2n) is 7.02. The highest BCUT2D eigenvalue weighted by atomic mass is 35.5. The molecule has 1 aromatic heterocycles. The number of nitrogens with zero attached hydrogens (tertiary/aromatic N) is 4. The van der Waals surface area contributed by atoms with E-state index in [4.69, 9.17) is 16.3 Å². The van der Waals surface area contributed by atoms with Crippen molar-refractivity contribution >= 4 is 35.2 Å². The van der Waals surface area contributed by atoms with E-state index in [0.717, 1.165) is 5.56 Å². The number of carbonyl (C=O) groups is 2. The van der Waals surface area contributed by atoms with Crippen LogP contribution in [0.15, 0.2) is 29.4 Å². The van der Waals surface area contributed by atoms with Gasteiger partial charge in [-0.2, -0.15) is 5.26 Å². The lowest BCUT2D eigenvalue weighted by Gasteiger charge is -2.27. The summed E-state index contributed by atoms with van der Waals surface area (Å²) in [6.45, 7) is 7.41. The molecule has 0 aliphatic rings. The Bertz CT molecular complexity index is 939. The van der Waals surface area contributed by atoms with E-state index in [-0.39, 0.29) is 11.7 Å². The van der Waals surface area contributed by atoms with Crippen LogP contribution in [0.4, 0.5) is 0 Å². The van der Waals surface area contributed by atoms with Gasteiger partial charge in [-0.25, -0.2) is 0 Å². The molecule has 2 rings (SSSR count). The molecule has 1 heterocycles. The molecule has 0 aliphatic carbocycles. The van der Waals surface area contributed by atoms with Gasteiger partial charge in [0.1, 0.15) is 5.54 Å². The summed E-state index contributed by atoms with van der Waals surface area (Å²) >= 11 is 7.11. The molecular formula is C20H24ClN5O3S. The molecular weight excluding hydrogens is 426 g/mol. The molecule has 0 fully saturated rings. The molecule has 1 atom stereocenters. The Kier molecular flexibility index (Phi) is 8.26. The zero-order valence-electron chi connectivity index (χ0n) is 17.3. The minimum Gasteiger partial charge on any atom is -0.455 e. The lowest BCUT2D eigenvalue weighted by Crippen LogP contribution is -2.50. The molecule has 0 aliphatic heterocycles. The van der Waals surface area contributed by atoms with Crippen molar-refractivity contribution in [2.24, 2.45) is 5.92 Å². The summed E-state index contributed by atoms with van der Waals surface area (Å²) in [7, 11) is 0. The summed E-state index contributed by atoms with van der Waals surface area (Å²) in [5.41, 5.74) is -0.154. The number of ether oxygens (including phenoxy) is 1. The van der Waals surface area contributed by atoms with Crippen LogP contribution in [-0.4, -0.2) is 44.5 Å². The molecule has 2 aromatic rings. The van der Waals surface area contributed by atoms with E-state index in [9.17, 15) is 14.9 Å². The fraction of sp³-hybridized carbons (Fsp3) is 0.450. The molecule has 0 unspecified atom stereocenters. The van der Waals surface area contributed by atoms with Crippen LogP contribution in [0.1, 0.15) is 27.7 Å². The molecule has 30 heavy (non-hydrogen) atoms. The summed E-state index contributed by atoms with van der Waals surface area (Å²) in [6.07, 6.45) is 0. The number of esters is 1. The van der Waals surface area contributed by atoms with Crippen molar-refractivity contribution in [3.63, 3.8) is 0 Å². The summed E-state index contributed by atoms with van der Waals surface area (Å²) in [6, 6.07) is 9.33. The van der Waals surface area contributed by atoms with E-state index in [1.807, 2.05) is 37.5 Å². The number of hydrogen-bond donors (Lipinski definition) is 1. The van der Waals surface area contributed by atoms with Gasteiger partial charge in [0.25, 0.3) is 5.91 Å². The van der Waals surface area contributed by atoms with Crippen LogP contribution in [0.2, 0.25) is 5.02 Å². The zero-order valence-corrected chi connectivity index (χ0v) is 18.9. The van der Waals surface area contributed by atoms with Gasteiger partial charge in [0.2, 0.25) is 0 Å². The lowest BCUT2D eigenvalue weighted by atomic mass is 9.90. The first kappa shape index (κ1) is 23.7. The van der Waals surface area contributed by atoms with E-state index in [1.165, 1.54) is 11.8 Å². The van der Waals surface area contributed by atoms with Gasteiger partial charge in [0.05, 0.1) is 11.8 Å². The standard InChI is InChI=1S/C20H24ClN5O3S/c1-5-26-18(14-6-8-15(21)9-7-14)24-25-19(26)30-11-17(28)29-10-16(27)23-20(4,12-22)13(2)3/h6-9,13H,5,10-11H2,1-4H3,(H,23,27)/t20-/m1/s1. The van der Waals surface area contributed by atoms with Crippen LogP contribution in [0.5, 0.6) is 0 Å². The quantitative estimate of drug-likeness (QED) is 0.461. The van der Waals surface area contributed by atoms with Crippen molar-refractivity contribution in [1.29, 1.82) is 5.26 Å². The second-order valence-corrected chi connectivity index (χ2v) is 8.40. The zero-order chi connectivity index (χ0) is 22.3. The first-order valence-electron chi connectivity index (χ1n) is 9.40. The fourth-order valence-electron chi connectivity index (χ4n) is 2.43. The van der Waals surface area contributed by atoms with Gasteiger partial charge in [-0.3, -0.25) is 9.59 Å². The van der Waals surface area contributed by atoms with E-state index >= 15 is 0 Å². The van der Waals surface area contributed by atoms with Crippen molar-refractivity contribution in [3.05, 3.63) is 29.3 Å². The van der Waals surface area contributed by atoms with Crippen LogP contribution < -0.4 is 5.32 Å². The lowest BCUT2D eigenvalue weighted by molar-refractivity contribution is -0.146. The van der Waals surface area contributed by atoms with Crippen LogP contribution in [0.3, 0.4) is 0 Å². The molecule has 0 saturated carbocycles. The van der Waals surface area contributed by atoms with E-state index < -0.39 is 24.0 Å². The number of rotatable bonds is 9. The minimum absolute atomic E-state index is 0.0221. The van der Waals surface area contributed by atoms with Crippen LogP contribution in [-0.2, 0) is 20.9 Å². The average molecular weight is 450 g/mol.